The van der Waals surface area contributed by atoms with Gasteiger partial charge < -0.3 is 16.2 Å². The van der Waals surface area contributed by atoms with Gasteiger partial charge in [0.15, 0.2) is 0 Å². The number of carbonyl (C=O) groups is 2. The van der Waals surface area contributed by atoms with Crippen LogP contribution in [0.15, 0.2) is 48.5 Å². The van der Waals surface area contributed by atoms with E-state index in [1.54, 1.807) is 18.2 Å². The van der Waals surface area contributed by atoms with E-state index in [0.29, 0.717) is 17.5 Å². The van der Waals surface area contributed by atoms with Crippen LogP contribution in [0.1, 0.15) is 48.4 Å². The van der Waals surface area contributed by atoms with Gasteiger partial charge in [0.1, 0.15) is 11.7 Å². The van der Waals surface area contributed by atoms with Crippen molar-refractivity contribution in [1.29, 1.82) is 5.41 Å². The molecule has 0 aliphatic rings. The van der Waals surface area contributed by atoms with E-state index in [9.17, 15) is 14.0 Å². The largest absolute Gasteiger partial charge is 0.481 e. The zero-order chi connectivity index (χ0) is 20.5. The van der Waals surface area contributed by atoms with Crippen LogP contribution in [0, 0.1) is 11.2 Å². The van der Waals surface area contributed by atoms with Crippen molar-refractivity contribution >= 4 is 17.7 Å². The topological polar surface area (TPSA) is 116 Å². The van der Waals surface area contributed by atoms with Crippen LogP contribution in [-0.4, -0.2) is 22.8 Å². The third-order valence-electron chi connectivity index (χ3n) is 4.35. The molecular formula is C21H24FN3O3. The van der Waals surface area contributed by atoms with Crippen LogP contribution in [0.25, 0.3) is 0 Å². The van der Waals surface area contributed by atoms with Crippen molar-refractivity contribution in [2.24, 2.45) is 5.73 Å². The average molecular weight is 385 g/mol. The smallest absolute Gasteiger partial charge is 0.305 e. The van der Waals surface area contributed by atoms with E-state index in [2.05, 4.69) is 5.32 Å². The number of aryl methyl sites for hydroxylation is 1. The molecule has 0 radical (unpaired) electrons. The van der Waals surface area contributed by atoms with Gasteiger partial charge in [-0.25, -0.2) is 4.39 Å². The predicted octanol–water partition coefficient (Wildman–Crippen LogP) is 3.15. The molecule has 1 atom stereocenters. The van der Waals surface area contributed by atoms with Crippen molar-refractivity contribution < 1.29 is 19.1 Å². The molecule has 2 rings (SSSR count). The fourth-order valence-corrected chi connectivity index (χ4v) is 2.88. The SMILES string of the molecule is N=C(N)c1ccc(CCCCC(=O)NC(CC(=O)O)c2cccc(F)c2)cc1. The number of benzene rings is 2. The van der Waals surface area contributed by atoms with Crippen LogP contribution in [-0.2, 0) is 16.0 Å². The Morgan fingerprint density at radius 1 is 1.14 bits per heavy atom. The zero-order valence-electron chi connectivity index (χ0n) is 15.5. The molecule has 0 saturated carbocycles. The molecule has 28 heavy (non-hydrogen) atoms. The maximum absolute atomic E-state index is 13.4. The van der Waals surface area contributed by atoms with Gasteiger partial charge in [-0.15, -0.1) is 0 Å². The van der Waals surface area contributed by atoms with Crippen molar-refractivity contribution in [3.05, 3.63) is 71.0 Å². The quantitative estimate of drug-likeness (QED) is 0.285. The number of nitrogens with one attached hydrogen (secondary N) is 2. The molecule has 0 aromatic heterocycles. The third-order valence-corrected chi connectivity index (χ3v) is 4.35. The highest BCUT2D eigenvalue weighted by Crippen LogP contribution is 2.18. The number of hydrogen-bond donors (Lipinski definition) is 4. The Balaban J connectivity index is 1.82. The normalized spacial score (nSPS) is 11.6. The zero-order valence-corrected chi connectivity index (χ0v) is 15.5. The van der Waals surface area contributed by atoms with Gasteiger partial charge in [0.05, 0.1) is 12.5 Å². The first-order valence-corrected chi connectivity index (χ1v) is 9.05. The minimum atomic E-state index is -1.07. The second kappa shape index (κ2) is 10.2. The first kappa shape index (κ1) is 21.1. The standard InChI is InChI=1S/C21H24FN3O3/c22-17-6-3-5-16(12-17)18(13-20(27)28)25-19(26)7-2-1-4-14-8-10-15(11-9-14)21(23)24/h3,5-6,8-12,18H,1-2,4,7,13H2,(H3,23,24)(H,25,26)(H,27,28). The molecule has 5 N–H and O–H groups in total. The number of aliphatic carboxylic acids is 1. The summed E-state index contributed by atoms with van der Waals surface area (Å²) < 4.78 is 13.4. The summed E-state index contributed by atoms with van der Waals surface area (Å²) in [4.78, 5) is 23.3. The Morgan fingerprint density at radius 2 is 1.86 bits per heavy atom. The summed E-state index contributed by atoms with van der Waals surface area (Å²) in [5.74, 6) is -1.78. The van der Waals surface area contributed by atoms with E-state index in [1.165, 1.54) is 18.2 Å². The van der Waals surface area contributed by atoms with Gasteiger partial charge in [-0.05, 0) is 42.5 Å². The molecule has 0 fully saturated rings. The number of rotatable bonds is 10. The van der Waals surface area contributed by atoms with Crippen LogP contribution in [0.5, 0.6) is 0 Å². The number of halogens is 1. The number of hydrogen-bond acceptors (Lipinski definition) is 3. The molecule has 0 aliphatic carbocycles. The molecular weight excluding hydrogens is 361 g/mol. The van der Waals surface area contributed by atoms with Gasteiger partial charge in [-0.2, -0.15) is 0 Å². The maximum atomic E-state index is 13.4. The van der Waals surface area contributed by atoms with Gasteiger partial charge >= 0.3 is 5.97 Å². The van der Waals surface area contributed by atoms with Crippen molar-refractivity contribution in [2.75, 3.05) is 0 Å². The van der Waals surface area contributed by atoms with Crippen molar-refractivity contribution in [3.8, 4) is 0 Å². The average Bonchev–Trinajstić information content (AvgIpc) is 2.65. The Bertz CT molecular complexity index is 837. The highest BCUT2D eigenvalue weighted by molar-refractivity contribution is 5.94. The summed E-state index contributed by atoms with van der Waals surface area (Å²) in [5.41, 5.74) is 7.61. The Labute approximate surface area is 163 Å². The van der Waals surface area contributed by atoms with Crippen LogP contribution in [0.2, 0.25) is 0 Å². The molecule has 1 amide bonds. The van der Waals surface area contributed by atoms with Gasteiger partial charge in [0.2, 0.25) is 5.91 Å². The van der Waals surface area contributed by atoms with Crippen LogP contribution < -0.4 is 11.1 Å². The first-order chi connectivity index (χ1) is 13.3. The Hall–Kier alpha value is -3.22. The summed E-state index contributed by atoms with van der Waals surface area (Å²) in [6.07, 6.45) is 2.17. The Morgan fingerprint density at radius 3 is 2.46 bits per heavy atom. The molecule has 1 unspecified atom stereocenters. The second-order valence-corrected chi connectivity index (χ2v) is 6.59. The molecule has 0 heterocycles. The minimum absolute atomic E-state index is 0.0254. The minimum Gasteiger partial charge on any atom is -0.481 e. The highest BCUT2D eigenvalue weighted by Gasteiger charge is 2.18. The number of carboxylic acid groups (broad SMARTS) is 1. The van der Waals surface area contributed by atoms with Crippen LogP contribution in [0.4, 0.5) is 4.39 Å². The number of nitrogen functional groups attached to an aromatic ring is 1. The van der Waals surface area contributed by atoms with Crippen molar-refractivity contribution in [3.63, 3.8) is 0 Å². The summed E-state index contributed by atoms with van der Waals surface area (Å²) >= 11 is 0. The summed E-state index contributed by atoms with van der Waals surface area (Å²) in [6, 6.07) is 12.2. The lowest BCUT2D eigenvalue weighted by molar-refractivity contribution is -0.137. The number of unbranched alkanes of at least 4 members (excludes halogenated alkanes) is 1. The van der Waals surface area contributed by atoms with Gasteiger partial charge in [-0.1, -0.05) is 36.4 Å². The Kier molecular flexibility index (Phi) is 7.68. The third kappa shape index (κ3) is 6.83. The molecule has 0 bridgehead atoms. The first-order valence-electron chi connectivity index (χ1n) is 9.05. The summed E-state index contributed by atoms with van der Waals surface area (Å²) in [7, 11) is 0. The lowest BCUT2D eigenvalue weighted by Gasteiger charge is -2.17. The number of carboxylic acids is 1. The fourth-order valence-electron chi connectivity index (χ4n) is 2.88. The molecule has 2 aromatic carbocycles. The number of carbonyl (C=O) groups excluding carboxylic acids is 1. The van der Waals surface area contributed by atoms with E-state index in [0.717, 1.165) is 18.4 Å². The van der Waals surface area contributed by atoms with Gasteiger partial charge in [0, 0.05) is 12.0 Å². The molecule has 2 aromatic rings. The number of amidine groups is 1. The highest BCUT2D eigenvalue weighted by atomic mass is 19.1. The van der Waals surface area contributed by atoms with Crippen LogP contribution in [0.3, 0.4) is 0 Å². The van der Waals surface area contributed by atoms with E-state index in [1.807, 2.05) is 12.1 Å². The summed E-state index contributed by atoms with van der Waals surface area (Å²) in [5, 5.41) is 19.1. The molecule has 0 spiro atoms. The van der Waals surface area contributed by atoms with E-state index in [-0.39, 0.29) is 24.6 Å². The lowest BCUT2D eigenvalue weighted by Crippen LogP contribution is -2.30. The number of amides is 1. The fraction of sp³-hybridized carbons (Fsp3) is 0.286. The molecule has 6 nitrogen and oxygen atoms in total. The molecule has 7 heteroatoms. The van der Waals surface area contributed by atoms with Gasteiger partial charge in [0.25, 0.3) is 0 Å². The monoisotopic (exact) mass is 385 g/mol. The molecule has 0 aliphatic heterocycles. The van der Waals surface area contributed by atoms with Crippen molar-refractivity contribution in [1.82, 2.24) is 5.32 Å². The summed E-state index contributed by atoms with van der Waals surface area (Å²) in [6.45, 7) is 0. The van der Waals surface area contributed by atoms with E-state index < -0.39 is 17.8 Å². The lowest BCUT2D eigenvalue weighted by atomic mass is 10.0. The van der Waals surface area contributed by atoms with Crippen LogP contribution >= 0.6 is 0 Å². The van der Waals surface area contributed by atoms with E-state index in [4.69, 9.17) is 16.2 Å². The maximum Gasteiger partial charge on any atom is 0.305 e. The van der Waals surface area contributed by atoms with E-state index >= 15 is 0 Å². The van der Waals surface area contributed by atoms with Gasteiger partial charge in [-0.3, -0.25) is 15.0 Å². The second-order valence-electron chi connectivity index (χ2n) is 6.59. The van der Waals surface area contributed by atoms with Crippen molar-refractivity contribution in [2.45, 2.75) is 38.1 Å². The molecule has 0 saturated heterocycles. The predicted molar refractivity (Wildman–Crippen MR) is 105 cm³/mol. The molecule has 148 valence electrons. The number of nitrogens with two attached hydrogens (primary N) is 1.